The summed E-state index contributed by atoms with van der Waals surface area (Å²) < 4.78 is 62.9. The van der Waals surface area contributed by atoms with Gasteiger partial charge in [-0.25, -0.2) is 0 Å². The molecular weight excluding hydrogens is 1000 g/mol. The number of rotatable bonds is 18. The van der Waals surface area contributed by atoms with E-state index < -0.39 is 236 Å². The highest BCUT2D eigenvalue weighted by Crippen LogP contribution is 2.36. The van der Waals surface area contributed by atoms with E-state index in [1.807, 2.05) is 0 Å². The van der Waals surface area contributed by atoms with Gasteiger partial charge in [-0.15, -0.1) is 0 Å². The average Bonchev–Trinajstić information content (AvgIpc) is 3.35. The van der Waals surface area contributed by atoms with Crippen molar-refractivity contribution in [3.05, 3.63) is 0 Å². The fourth-order valence-electron chi connectivity index (χ4n) is 9.22. The molecule has 0 bridgehead atoms. The number of nitrogens with one attached hydrogen (secondary N) is 2. The van der Waals surface area contributed by atoms with Crippen LogP contribution in [0.2, 0.25) is 0 Å². The van der Waals surface area contributed by atoms with Crippen LogP contribution < -0.4 is 10.6 Å². The van der Waals surface area contributed by atoms with Gasteiger partial charge in [-0.05, 0) is 0 Å². The third kappa shape index (κ3) is 13.0. The minimum absolute atomic E-state index is 0.811. The molecule has 33 nitrogen and oxygen atoms in total. The maximum atomic E-state index is 12.7. The first kappa shape index (κ1) is 60.0. The molecule has 20 N–H and O–H groups in total. The Labute approximate surface area is 413 Å². The van der Waals surface area contributed by atoms with Crippen molar-refractivity contribution >= 4 is 11.8 Å². The van der Waals surface area contributed by atoms with Crippen LogP contribution in [-0.2, 0) is 61.7 Å². The lowest BCUT2D eigenvalue weighted by molar-refractivity contribution is -0.383. The van der Waals surface area contributed by atoms with E-state index in [1.54, 1.807) is 0 Å². The predicted molar refractivity (Wildman–Crippen MR) is 222 cm³/mol. The number of carbonyl (C=O) groups is 2. The zero-order valence-corrected chi connectivity index (χ0v) is 38.9. The predicted octanol–water partition coefficient (Wildman–Crippen LogP) is -13.8. The van der Waals surface area contributed by atoms with Crippen molar-refractivity contribution in [2.75, 3.05) is 39.6 Å². The molecule has 6 rings (SSSR count). The van der Waals surface area contributed by atoms with Gasteiger partial charge in [-0.3, -0.25) is 9.59 Å². The minimum atomic E-state index is -2.27. The monoisotopic (exact) mass is 1070 g/mol. The van der Waals surface area contributed by atoms with Crippen molar-refractivity contribution in [3.8, 4) is 0 Å². The quantitative estimate of drug-likeness (QED) is 0.0606. The Bertz CT molecular complexity index is 1740. The van der Waals surface area contributed by atoms with Crippen LogP contribution in [-0.4, -0.2) is 327 Å². The molecule has 0 spiro atoms. The molecule has 0 aliphatic carbocycles. The van der Waals surface area contributed by atoms with E-state index in [2.05, 4.69) is 10.6 Å². The molecule has 424 valence electrons. The largest absolute Gasteiger partial charge is 0.394 e. The van der Waals surface area contributed by atoms with Gasteiger partial charge in [-0.2, -0.15) is 0 Å². The van der Waals surface area contributed by atoms with Crippen LogP contribution >= 0.6 is 0 Å². The van der Waals surface area contributed by atoms with Crippen LogP contribution in [0, 0.1) is 0 Å². The topological polar surface area (TPSA) is 524 Å². The summed E-state index contributed by atoms with van der Waals surface area (Å²) in [5, 5.41) is 196. The van der Waals surface area contributed by atoms with Gasteiger partial charge in [-0.1, -0.05) is 0 Å². The Morgan fingerprint density at radius 3 is 1.25 bits per heavy atom. The number of ether oxygens (including phenoxy) is 11. The summed E-state index contributed by atoms with van der Waals surface area (Å²) in [5.74, 6) is -1.68. The fourth-order valence-corrected chi connectivity index (χ4v) is 9.22. The van der Waals surface area contributed by atoms with E-state index in [9.17, 15) is 102 Å². The van der Waals surface area contributed by atoms with Crippen LogP contribution in [0.1, 0.15) is 13.8 Å². The van der Waals surface area contributed by atoms with Crippen molar-refractivity contribution in [1.29, 1.82) is 0 Å². The highest BCUT2D eigenvalue weighted by molar-refractivity contribution is 5.73. The van der Waals surface area contributed by atoms with Gasteiger partial charge in [0.25, 0.3) is 0 Å². The number of amides is 2. The lowest BCUT2D eigenvalue weighted by Gasteiger charge is -2.50. The number of hydrogen-bond donors (Lipinski definition) is 20. The Balaban J connectivity index is 1.30. The minimum Gasteiger partial charge on any atom is -0.394 e. The summed E-state index contributed by atoms with van der Waals surface area (Å²) in [5.41, 5.74) is 0. The van der Waals surface area contributed by atoms with E-state index in [1.165, 1.54) is 0 Å². The second-order valence-corrected chi connectivity index (χ2v) is 18.3. The SMILES string of the molecule is CC(=O)N[C@H]1[C@H](OC[C@H]2O[C@@H](O[C@H]3[C@H](O)[C@@H](O)C(O)O[C@@H]3CO)[C@H](O)[C@@H](O[C@@H]3O[C@H](CO)[C@@H](O)[C@H](O[C@@H]4O[C@H](CO)[C@H](O)[C@H](O)[C@H]4O)[C@H]3NC(C)=O)[C@H]2O)O[C@H](CO)[C@@H](O[C@@H]2O[C@H](CO)[C@H](O)[C@H](O)[C@H]2O)[C@@H]1O. The maximum absolute atomic E-state index is 12.7. The molecule has 0 aromatic rings. The Hall–Kier alpha value is -2.22. The number of aliphatic hydroxyl groups excluding tert-OH is 18. The smallest absolute Gasteiger partial charge is 0.217 e. The fraction of sp³-hybridized carbons (Fsp3) is 0.950. The van der Waals surface area contributed by atoms with E-state index in [0.29, 0.717) is 0 Å². The van der Waals surface area contributed by atoms with Gasteiger partial charge in [0.2, 0.25) is 11.8 Å². The summed E-state index contributed by atoms with van der Waals surface area (Å²) in [6.45, 7) is -3.66. The van der Waals surface area contributed by atoms with Crippen LogP contribution in [0.15, 0.2) is 0 Å². The van der Waals surface area contributed by atoms with Crippen LogP contribution in [0.4, 0.5) is 0 Å². The Morgan fingerprint density at radius 1 is 0.356 bits per heavy atom. The zero-order chi connectivity index (χ0) is 53.9. The molecule has 6 aliphatic heterocycles. The van der Waals surface area contributed by atoms with E-state index >= 15 is 0 Å². The second-order valence-electron chi connectivity index (χ2n) is 18.3. The van der Waals surface area contributed by atoms with Crippen molar-refractivity contribution in [3.63, 3.8) is 0 Å². The standard InChI is InChI=1S/C40H68N2O31/c1-9(48)41-17-23(54)31(70-38-28(59)24(55)19(50)11(3-43)66-38)15(7-47)68-36(17)63-8-16-22(53)34(30(61)40(69-16)71-32-14(6-46)64-35(62)27(58)26(32)57)73-37-18(42-10(2)49)33(21(52)13(5-45)65-37)72-39-29(60)25(56)20(51)12(4-44)67-39/h11-40,43-47,50-62H,3-8H2,1-2H3,(H,41,48)(H,42,49)/t11-,12-,13-,14-,15-,16-,17-,18-,19+,20+,21-,22+,23-,24+,25+,26-,27-,28-,29-,30-,31-,32-,33-,34+,35?,36-,37+,38+,39+,40+/m1/s1. The molecule has 6 fully saturated rings. The summed E-state index contributed by atoms with van der Waals surface area (Å²) in [4.78, 5) is 25.2. The van der Waals surface area contributed by atoms with Crippen LogP contribution in [0.25, 0.3) is 0 Å². The van der Waals surface area contributed by atoms with Crippen LogP contribution in [0.5, 0.6) is 0 Å². The zero-order valence-electron chi connectivity index (χ0n) is 38.9. The van der Waals surface area contributed by atoms with Gasteiger partial charge < -0.3 is 155 Å². The summed E-state index contributed by atoms with van der Waals surface area (Å²) in [6, 6.07) is -3.46. The normalized spacial score (nSPS) is 49.8. The van der Waals surface area contributed by atoms with E-state index in [4.69, 9.17) is 52.1 Å². The molecule has 0 aromatic carbocycles. The lowest BCUT2D eigenvalue weighted by Crippen LogP contribution is -2.70. The third-order valence-electron chi connectivity index (χ3n) is 13.2. The Morgan fingerprint density at radius 2 is 0.740 bits per heavy atom. The molecule has 6 aliphatic rings. The number of hydrogen-bond acceptors (Lipinski definition) is 31. The van der Waals surface area contributed by atoms with E-state index in [0.717, 1.165) is 13.8 Å². The van der Waals surface area contributed by atoms with Gasteiger partial charge in [0, 0.05) is 13.8 Å². The molecule has 1 unspecified atom stereocenters. The summed E-state index contributed by atoms with van der Waals surface area (Å²) in [7, 11) is 0. The van der Waals surface area contributed by atoms with Gasteiger partial charge >= 0.3 is 0 Å². The molecule has 2 amide bonds. The highest BCUT2D eigenvalue weighted by atomic mass is 16.8. The van der Waals surface area contributed by atoms with E-state index in [-0.39, 0.29) is 0 Å². The Kier molecular flexibility index (Phi) is 21.3. The first-order valence-electron chi connectivity index (χ1n) is 23.1. The first-order chi connectivity index (χ1) is 34.5. The molecule has 33 heteroatoms. The van der Waals surface area contributed by atoms with Crippen molar-refractivity contribution in [1.82, 2.24) is 10.6 Å². The van der Waals surface area contributed by atoms with Crippen LogP contribution in [0.3, 0.4) is 0 Å². The average molecular weight is 1070 g/mol. The summed E-state index contributed by atoms with van der Waals surface area (Å²) >= 11 is 0. The van der Waals surface area contributed by atoms with Gasteiger partial charge in [0.1, 0.15) is 146 Å². The lowest BCUT2D eigenvalue weighted by atomic mass is 9.94. The molecular formula is C40H68N2O31. The van der Waals surface area contributed by atoms with Gasteiger partial charge in [0.05, 0.1) is 39.6 Å². The van der Waals surface area contributed by atoms with Crippen molar-refractivity contribution < 1.29 is 154 Å². The molecule has 73 heavy (non-hydrogen) atoms. The second kappa shape index (κ2) is 26.0. The molecule has 0 saturated carbocycles. The van der Waals surface area contributed by atoms with Gasteiger partial charge in [0.15, 0.2) is 37.7 Å². The molecule has 30 atom stereocenters. The van der Waals surface area contributed by atoms with Crippen molar-refractivity contribution in [2.45, 2.75) is 198 Å². The highest BCUT2D eigenvalue weighted by Gasteiger charge is 2.57. The maximum Gasteiger partial charge on any atom is 0.217 e. The molecule has 0 aromatic heterocycles. The molecule has 6 saturated heterocycles. The third-order valence-corrected chi connectivity index (χ3v) is 13.2. The molecule has 6 heterocycles. The summed E-state index contributed by atoms with van der Waals surface area (Å²) in [6.07, 6.45) is -53.4. The number of aliphatic hydroxyl groups is 18. The van der Waals surface area contributed by atoms with Crippen molar-refractivity contribution in [2.24, 2.45) is 0 Å². The number of carbonyl (C=O) groups excluding carboxylic acids is 2. The first-order valence-corrected chi connectivity index (χ1v) is 23.1. The molecule has 0 radical (unpaired) electrons.